The van der Waals surface area contributed by atoms with Crippen molar-refractivity contribution in [1.29, 1.82) is 0 Å². The molecule has 0 radical (unpaired) electrons. The monoisotopic (exact) mass is 577 g/mol. The van der Waals surface area contributed by atoms with Crippen LogP contribution in [0.25, 0.3) is 11.1 Å². The van der Waals surface area contributed by atoms with E-state index in [-0.39, 0.29) is 35.5 Å². The number of fused-ring (bicyclic) bond motifs is 3. The maximum atomic E-state index is 13.1. The van der Waals surface area contributed by atoms with Gasteiger partial charge in [-0.2, -0.15) is 0 Å². The molecule has 38 heavy (non-hydrogen) atoms. The van der Waals surface area contributed by atoms with Gasteiger partial charge in [-0.1, -0.05) is 36.4 Å². The molecule has 196 valence electrons. The van der Waals surface area contributed by atoms with Gasteiger partial charge in [-0.25, -0.2) is 0 Å². The molecule has 1 amide bonds. The molecule has 0 unspecified atom stereocenters. The molecule has 1 N–H and O–H groups in total. The van der Waals surface area contributed by atoms with Crippen molar-refractivity contribution in [3.05, 3.63) is 89.5 Å². The van der Waals surface area contributed by atoms with E-state index in [9.17, 15) is 19.2 Å². The van der Waals surface area contributed by atoms with E-state index in [1.807, 2.05) is 38.1 Å². The summed E-state index contributed by atoms with van der Waals surface area (Å²) in [5.41, 5.74) is 5.04. The summed E-state index contributed by atoms with van der Waals surface area (Å²) in [4.78, 5) is 50.0. The molecule has 2 atom stereocenters. The van der Waals surface area contributed by atoms with Crippen molar-refractivity contribution in [3.63, 3.8) is 0 Å². The number of esters is 1. The second-order valence-electron chi connectivity index (χ2n) is 9.82. The van der Waals surface area contributed by atoms with Crippen molar-refractivity contribution >= 4 is 42.3 Å². The van der Waals surface area contributed by atoms with E-state index in [1.165, 1.54) is 0 Å². The Morgan fingerprint density at radius 1 is 0.895 bits per heavy atom. The van der Waals surface area contributed by atoms with Gasteiger partial charge in [0.1, 0.15) is 0 Å². The summed E-state index contributed by atoms with van der Waals surface area (Å²) in [7, 11) is 0. The number of carbonyl (C=O) groups excluding carboxylic acids is 4. The second kappa shape index (κ2) is 12.3. The molecule has 1 aliphatic rings. The van der Waals surface area contributed by atoms with Crippen LogP contribution in [0.3, 0.4) is 0 Å². The maximum absolute atomic E-state index is 13.1. The first-order chi connectivity index (χ1) is 18.3. The third kappa shape index (κ3) is 6.12. The number of hydrogen-bond acceptors (Lipinski definition) is 5. The van der Waals surface area contributed by atoms with Crippen LogP contribution in [0, 0.1) is 11.8 Å². The van der Waals surface area contributed by atoms with Crippen molar-refractivity contribution in [2.45, 2.75) is 39.2 Å². The predicted molar refractivity (Wildman–Crippen MR) is 147 cm³/mol. The molecule has 0 fully saturated rings. The molecule has 0 saturated heterocycles. The van der Waals surface area contributed by atoms with E-state index in [2.05, 4.69) is 29.6 Å². The topological polar surface area (TPSA) is 89.5 Å². The van der Waals surface area contributed by atoms with E-state index < -0.39 is 32.9 Å². The van der Waals surface area contributed by atoms with E-state index in [4.69, 9.17) is 4.74 Å². The average Bonchev–Trinajstić information content (AvgIpc) is 3.24. The van der Waals surface area contributed by atoms with Crippen molar-refractivity contribution in [3.8, 4) is 11.1 Å². The zero-order chi connectivity index (χ0) is 27.2. The van der Waals surface area contributed by atoms with E-state index in [0.29, 0.717) is 10.0 Å². The van der Waals surface area contributed by atoms with Crippen LogP contribution in [0.2, 0.25) is 0 Å². The quantitative estimate of drug-likeness (QED) is 0.213. The molecule has 0 aliphatic heterocycles. The summed E-state index contributed by atoms with van der Waals surface area (Å²) in [6.45, 7) is 5.58. The van der Waals surface area contributed by atoms with Crippen molar-refractivity contribution in [2.24, 2.45) is 11.8 Å². The fourth-order valence-electron chi connectivity index (χ4n) is 4.65. The fourth-order valence-corrected chi connectivity index (χ4v) is 6.87. The first-order valence-corrected chi connectivity index (χ1v) is 14.4. The molecule has 6 nitrogen and oxygen atoms in total. The van der Waals surface area contributed by atoms with Crippen molar-refractivity contribution < 1.29 is 23.9 Å². The SMILES string of the molecule is CC(C)[C@H](NC(=O)[C@H](C)CC(=O)OCC1c2ccccc2-c2ccccc21)C(=O)[Se]c1ccccc1C=O. The van der Waals surface area contributed by atoms with Gasteiger partial charge in [0.25, 0.3) is 0 Å². The number of rotatable bonds is 11. The summed E-state index contributed by atoms with van der Waals surface area (Å²) >= 11 is -0.629. The molecule has 0 heterocycles. The Morgan fingerprint density at radius 2 is 1.47 bits per heavy atom. The number of carbonyl (C=O) groups is 4. The summed E-state index contributed by atoms with van der Waals surface area (Å²) in [5, 5.41) is 2.83. The second-order valence-corrected chi connectivity index (χ2v) is 12.0. The number of nitrogens with one attached hydrogen (secondary N) is 1. The zero-order valence-corrected chi connectivity index (χ0v) is 23.4. The Kier molecular flexibility index (Phi) is 8.92. The molecule has 4 rings (SSSR count). The normalized spacial score (nSPS) is 13.8. The minimum atomic E-state index is -0.702. The van der Waals surface area contributed by atoms with Gasteiger partial charge in [0.15, 0.2) is 0 Å². The number of ether oxygens (including phenoxy) is 1. The third-order valence-corrected chi connectivity index (χ3v) is 8.97. The van der Waals surface area contributed by atoms with Gasteiger partial charge in [-0.3, -0.25) is 0 Å². The first kappa shape index (κ1) is 27.5. The molecule has 0 spiro atoms. The molecule has 0 bridgehead atoms. The first-order valence-electron chi connectivity index (χ1n) is 12.7. The molecule has 1 aliphatic carbocycles. The van der Waals surface area contributed by atoms with Crippen molar-refractivity contribution in [1.82, 2.24) is 5.32 Å². The minimum absolute atomic E-state index is 0.0464. The average molecular weight is 577 g/mol. The third-order valence-electron chi connectivity index (χ3n) is 6.77. The summed E-state index contributed by atoms with van der Waals surface area (Å²) in [6.07, 6.45) is 0.657. The van der Waals surface area contributed by atoms with E-state index >= 15 is 0 Å². The van der Waals surface area contributed by atoms with Gasteiger partial charge < -0.3 is 0 Å². The Bertz CT molecular complexity index is 1310. The number of amides is 1. The van der Waals surface area contributed by atoms with Crippen LogP contribution in [0.15, 0.2) is 72.8 Å². The van der Waals surface area contributed by atoms with Crippen molar-refractivity contribution in [2.75, 3.05) is 6.61 Å². The molecule has 7 heteroatoms. The Morgan fingerprint density at radius 3 is 2.08 bits per heavy atom. The molecule has 3 aromatic carbocycles. The summed E-state index contributed by atoms with van der Waals surface area (Å²) < 4.78 is 6.21. The molecular weight excluding hydrogens is 545 g/mol. The van der Waals surface area contributed by atoms with Crippen LogP contribution in [0.1, 0.15) is 54.6 Å². The van der Waals surface area contributed by atoms with Gasteiger partial charge in [0.2, 0.25) is 0 Å². The van der Waals surface area contributed by atoms with Crippen LogP contribution >= 0.6 is 0 Å². The molecular formula is C31H31NO5Se. The standard InChI is InChI=1S/C31H31NO5Se/c1-19(2)29(31(36)38-27-15-9-4-10-21(27)17-33)32-30(35)20(3)16-28(34)37-18-26-24-13-7-5-11-22(24)23-12-6-8-14-25(23)26/h4-15,17,19-20,26,29H,16,18H2,1-3H3,(H,32,35)/t20-,29+/m1/s1. The Labute approximate surface area is 229 Å². The van der Waals surface area contributed by atoms with E-state index in [0.717, 1.165) is 28.5 Å². The van der Waals surface area contributed by atoms with Gasteiger partial charge in [-0.15, -0.1) is 0 Å². The van der Waals surface area contributed by atoms with Gasteiger partial charge in [0.05, 0.1) is 0 Å². The molecule has 3 aromatic rings. The number of benzene rings is 3. The van der Waals surface area contributed by atoms with Crippen LogP contribution in [-0.4, -0.2) is 50.4 Å². The van der Waals surface area contributed by atoms with Crippen LogP contribution in [-0.2, 0) is 19.1 Å². The zero-order valence-electron chi connectivity index (χ0n) is 21.7. The predicted octanol–water partition coefficient (Wildman–Crippen LogP) is 3.88. The van der Waals surface area contributed by atoms with Gasteiger partial charge >= 0.3 is 193 Å². The summed E-state index contributed by atoms with van der Waals surface area (Å²) in [6, 6.07) is 22.5. The summed E-state index contributed by atoms with van der Waals surface area (Å²) in [5.74, 6) is -1.67. The van der Waals surface area contributed by atoms with Crippen LogP contribution < -0.4 is 9.78 Å². The number of hydrogen-bond donors (Lipinski definition) is 1. The van der Waals surface area contributed by atoms with Gasteiger partial charge in [-0.05, 0) is 0 Å². The molecule has 0 aromatic heterocycles. The number of aldehydes is 1. The Balaban J connectivity index is 1.34. The molecule has 0 saturated carbocycles. The fraction of sp³-hybridized carbons (Fsp3) is 0.290. The van der Waals surface area contributed by atoms with Gasteiger partial charge in [0, 0.05) is 0 Å². The Hall–Kier alpha value is -3.54. The van der Waals surface area contributed by atoms with Crippen LogP contribution in [0.4, 0.5) is 0 Å². The van der Waals surface area contributed by atoms with Crippen LogP contribution in [0.5, 0.6) is 0 Å². The van der Waals surface area contributed by atoms with E-state index in [1.54, 1.807) is 31.2 Å².